The van der Waals surface area contributed by atoms with Gasteiger partial charge in [-0.25, -0.2) is 8.42 Å². The second kappa shape index (κ2) is 19.2. The fraction of sp³-hybridized carbons (Fsp3) is 1.00. The molecular weight excluding hydrogens is 359 g/mol. The SMILES string of the molecule is CCCCCCCCCCCCCCCCC(C(O)CC)S(=O)(=O)[O-].[Na+]. The molecule has 0 rings (SSSR count). The Bertz CT molecular complexity index is 387. The Morgan fingerprint density at radius 3 is 1.38 bits per heavy atom. The van der Waals surface area contributed by atoms with Gasteiger partial charge >= 0.3 is 29.6 Å². The summed E-state index contributed by atoms with van der Waals surface area (Å²) in [5, 5.41) is 8.55. The van der Waals surface area contributed by atoms with Gasteiger partial charge in [-0.2, -0.15) is 0 Å². The molecule has 0 bridgehead atoms. The first-order valence-electron chi connectivity index (χ1n) is 10.6. The molecule has 0 aliphatic carbocycles. The molecular formula is C20H41NaO4S. The Morgan fingerprint density at radius 2 is 1.08 bits per heavy atom. The molecule has 0 saturated carbocycles. The van der Waals surface area contributed by atoms with Gasteiger partial charge in [-0.3, -0.25) is 0 Å². The molecule has 6 heteroatoms. The maximum Gasteiger partial charge on any atom is 1.00 e. The molecule has 0 aromatic rings. The van der Waals surface area contributed by atoms with E-state index >= 15 is 0 Å². The maximum atomic E-state index is 11.2. The van der Waals surface area contributed by atoms with Crippen LogP contribution in [0.25, 0.3) is 0 Å². The van der Waals surface area contributed by atoms with Gasteiger partial charge in [0.2, 0.25) is 0 Å². The van der Waals surface area contributed by atoms with E-state index in [0.29, 0.717) is 19.3 Å². The van der Waals surface area contributed by atoms with Crippen molar-refractivity contribution in [1.29, 1.82) is 0 Å². The fourth-order valence-electron chi connectivity index (χ4n) is 3.33. The van der Waals surface area contributed by atoms with Crippen molar-refractivity contribution < 1.29 is 47.6 Å². The third-order valence-corrected chi connectivity index (χ3v) is 6.35. The van der Waals surface area contributed by atoms with Crippen LogP contribution in [0.1, 0.15) is 117 Å². The molecule has 0 aliphatic rings. The van der Waals surface area contributed by atoms with E-state index in [1.165, 1.54) is 70.6 Å². The van der Waals surface area contributed by atoms with E-state index < -0.39 is 21.5 Å². The van der Waals surface area contributed by atoms with E-state index in [0.717, 1.165) is 12.8 Å². The zero-order valence-corrected chi connectivity index (χ0v) is 20.4. The summed E-state index contributed by atoms with van der Waals surface area (Å²) in [5.74, 6) is 0. The molecule has 26 heavy (non-hydrogen) atoms. The van der Waals surface area contributed by atoms with Crippen LogP contribution in [0.3, 0.4) is 0 Å². The molecule has 152 valence electrons. The van der Waals surface area contributed by atoms with Crippen LogP contribution in [-0.4, -0.2) is 29.4 Å². The maximum absolute atomic E-state index is 11.2. The zero-order chi connectivity index (χ0) is 19.0. The minimum atomic E-state index is -4.39. The Hall–Kier alpha value is 0.870. The molecule has 0 aromatic heterocycles. The van der Waals surface area contributed by atoms with Gasteiger partial charge in [0.05, 0.1) is 11.4 Å². The molecule has 2 atom stereocenters. The van der Waals surface area contributed by atoms with Crippen LogP contribution >= 0.6 is 0 Å². The summed E-state index contributed by atoms with van der Waals surface area (Å²) < 4.78 is 33.5. The monoisotopic (exact) mass is 400 g/mol. The average molecular weight is 401 g/mol. The van der Waals surface area contributed by atoms with E-state index in [1.54, 1.807) is 6.92 Å². The van der Waals surface area contributed by atoms with Crippen molar-refractivity contribution in [2.24, 2.45) is 0 Å². The zero-order valence-electron chi connectivity index (χ0n) is 17.5. The third-order valence-electron chi connectivity index (χ3n) is 5.06. The van der Waals surface area contributed by atoms with E-state index in [4.69, 9.17) is 0 Å². The smallest absolute Gasteiger partial charge is 0.748 e. The first-order chi connectivity index (χ1) is 11.9. The molecule has 1 N–H and O–H groups in total. The predicted octanol–water partition coefficient (Wildman–Crippen LogP) is 2.55. The van der Waals surface area contributed by atoms with E-state index in [9.17, 15) is 18.1 Å². The predicted molar refractivity (Wildman–Crippen MR) is 105 cm³/mol. The van der Waals surface area contributed by atoms with E-state index in [1.807, 2.05) is 0 Å². The summed E-state index contributed by atoms with van der Waals surface area (Å²) in [6.07, 6.45) is 16.9. The number of hydrogen-bond donors (Lipinski definition) is 1. The minimum absolute atomic E-state index is 0. The molecule has 0 aliphatic heterocycles. The average Bonchev–Trinajstić information content (AvgIpc) is 2.56. The van der Waals surface area contributed by atoms with Gasteiger partial charge in [-0.15, -0.1) is 0 Å². The molecule has 0 radical (unpaired) electrons. The van der Waals surface area contributed by atoms with Crippen molar-refractivity contribution >= 4 is 10.1 Å². The van der Waals surface area contributed by atoms with Crippen LogP contribution in [0.15, 0.2) is 0 Å². The Balaban J connectivity index is 0. The largest absolute Gasteiger partial charge is 1.00 e. The molecule has 0 aromatic carbocycles. The Morgan fingerprint density at radius 1 is 0.731 bits per heavy atom. The molecule has 2 unspecified atom stereocenters. The van der Waals surface area contributed by atoms with Gasteiger partial charge in [-0.1, -0.05) is 104 Å². The first-order valence-corrected chi connectivity index (χ1v) is 12.0. The molecule has 0 amide bonds. The number of unbranched alkanes of at least 4 members (excludes halogenated alkanes) is 13. The number of aliphatic hydroxyl groups excluding tert-OH is 1. The van der Waals surface area contributed by atoms with Crippen molar-refractivity contribution in [3.05, 3.63) is 0 Å². The molecule has 0 spiro atoms. The topological polar surface area (TPSA) is 77.4 Å². The molecule has 0 heterocycles. The summed E-state index contributed by atoms with van der Waals surface area (Å²) >= 11 is 0. The summed E-state index contributed by atoms with van der Waals surface area (Å²) in [6.45, 7) is 3.95. The van der Waals surface area contributed by atoms with Crippen molar-refractivity contribution in [1.82, 2.24) is 0 Å². The summed E-state index contributed by atoms with van der Waals surface area (Å²) in [6, 6.07) is 0. The number of aliphatic hydroxyl groups is 1. The van der Waals surface area contributed by atoms with Crippen molar-refractivity contribution in [2.75, 3.05) is 0 Å². The van der Waals surface area contributed by atoms with Gasteiger partial charge < -0.3 is 9.66 Å². The normalized spacial score (nSPS) is 14.0. The van der Waals surface area contributed by atoms with E-state index in [-0.39, 0.29) is 29.6 Å². The second-order valence-electron chi connectivity index (χ2n) is 7.39. The number of rotatable bonds is 18. The summed E-state index contributed by atoms with van der Waals surface area (Å²) in [4.78, 5) is 0. The Labute approximate surface area is 185 Å². The third kappa shape index (κ3) is 17.0. The van der Waals surface area contributed by atoms with Crippen molar-refractivity contribution in [3.63, 3.8) is 0 Å². The van der Waals surface area contributed by atoms with Gasteiger partial charge in [-0.05, 0) is 12.8 Å². The standard InChI is InChI=1S/C20H42O4S.Na/c1-3-5-6-7-8-9-10-11-12-13-14-15-16-17-18-20(19(21)4-2)25(22,23)24;/h19-21H,3-18H2,1-2H3,(H,22,23,24);/q;+1/p-1. The number of hydrogen-bond acceptors (Lipinski definition) is 4. The van der Waals surface area contributed by atoms with Crippen LogP contribution < -0.4 is 29.6 Å². The quantitative estimate of drug-likeness (QED) is 0.218. The van der Waals surface area contributed by atoms with Crippen molar-refractivity contribution in [2.45, 2.75) is 128 Å². The molecule has 0 fully saturated rings. The van der Waals surface area contributed by atoms with Crippen LogP contribution in [-0.2, 0) is 10.1 Å². The van der Waals surface area contributed by atoms with Gasteiger partial charge in [0.15, 0.2) is 0 Å². The second-order valence-corrected chi connectivity index (χ2v) is 8.98. The first kappa shape index (κ1) is 29.1. The van der Waals surface area contributed by atoms with Crippen LogP contribution in [0.4, 0.5) is 0 Å². The molecule has 0 saturated heterocycles. The van der Waals surface area contributed by atoms with Gasteiger partial charge in [0, 0.05) is 0 Å². The summed E-state index contributed by atoms with van der Waals surface area (Å²) in [7, 11) is -4.39. The van der Waals surface area contributed by atoms with Crippen LogP contribution in [0, 0.1) is 0 Å². The van der Waals surface area contributed by atoms with Crippen LogP contribution in [0.5, 0.6) is 0 Å². The Kier molecular flexibility index (Phi) is 21.5. The minimum Gasteiger partial charge on any atom is -0.748 e. The summed E-state index contributed by atoms with van der Waals surface area (Å²) in [5.41, 5.74) is 0. The van der Waals surface area contributed by atoms with E-state index in [2.05, 4.69) is 6.92 Å². The van der Waals surface area contributed by atoms with Gasteiger partial charge in [0.25, 0.3) is 0 Å². The molecule has 4 nitrogen and oxygen atoms in total. The van der Waals surface area contributed by atoms with Crippen molar-refractivity contribution in [3.8, 4) is 0 Å². The van der Waals surface area contributed by atoms with Gasteiger partial charge in [0.1, 0.15) is 10.1 Å². The fourth-order valence-corrected chi connectivity index (χ4v) is 4.36. The van der Waals surface area contributed by atoms with Crippen LogP contribution in [0.2, 0.25) is 0 Å².